The first kappa shape index (κ1) is 8.97. The van der Waals surface area contributed by atoms with Gasteiger partial charge in [0.05, 0.1) is 19.8 Å². The summed E-state index contributed by atoms with van der Waals surface area (Å²) in [5.41, 5.74) is 0. The van der Waals surface area contributed by atoms with Gasteiger partial charge in [-0.1, -0.05) is 0 Å². The van der Waals surface area contributed by atoms with Gasteiger partial charge in [-0.25, -0.2) is 5.11 Å². The summed E-state index contributed by atoms with van der Waals surface area (Å²) in [6.45, 7) is 1.64. The lowest BCUT2D eigenvalue weighted by Crippen LogP contribution is -2.24. The highest BCUT2D eigenvalue weighted by molar-refractivity contribution is 4.51. The normalized spacial score (nSPS) is 20.5. The summed E-state index contributed by atoms with van der Waals surface area (Å²) in [6.07, 6.45) is 3.51. The van der Waals surface area contributed by atoms with Crippen molar-refractivity contribution in [2.75, 3.05) is 19.8 Å². The first-order valence-electron chi connectivity index (χ1n) is 4.25. The van der Waals surface area contributed by atoms with Crippen molar-refractivity contribution in [3.8, 4) is 0 Å². The second-order valence-corrected chi connectivity index (χ2v) is 2.72. The summed E-state index contributed by atoms with van der Waals surface area (Å²) in [4.78, 5) is 0. The molecule has 1 radical (unpaired) electrons. The van der Waals surface area contributed by atoms with Gasteiger partial charge in [0.1, 0.15) is 0 Å². The van der Waals surface area contributed by atoms with Crippen molar-refractivity contribution in [1.82, 2.24) is 0 Å². The predicted molar refractivity (Wildman–Crippen MR) is 39.7 cm³/mol. The third kappa shape index (κ3) is 3.70. The second-order valence-electron chi connectivity index (χ2n) is 2.72. The maximum Gasteiger partial charge on any atom is 0.157 e. The van der Waals surface area contributed by atoms with E-state index in [0.717, 1.165) is 38.9 Å². The van der Waals surface area contributed by atoms with Crippen LogP contribution >= 0.6 is 0 Å². The Kier molecular flexibility index (Phi) is 4.50. The Labute approximate surface area is 67.3 Å². The highest BCUT2D eigenvalue weighted by atomic mass is 16.7. The van der Waals surface area contributed by atoms with Crippen molar-refractivity contribution in [2.45, 2.75) is 32.0 Å². The second kappa shape index (κ2) is 5.52. The SMILES string of the molecule is [O]CCCCC1OCCCO1. The minimum atomic E-state index is -0.0321. The summed E-state index contributed by atoms with van der Waals surface area (Å²) >= 11 is 0. The number of hydrogen-bond acceptors (Lipinski definition) is 2. The van der Waals surface area contributed by atoms with E-state index >= 15 is 0 Å². The van der Waals surface area contributed by atoms with Gasteiger partial charge in [-0.15, -0.1) is 0 Å². The van der Waals surface area contributed by atoms with Gasteiger partial charge in [-0.05, 0) is 25.7 Å². The van der Waals surface area contributed by atoms with Crippen LogP contribution < -0.4 is 0 Å². The van der Waals surface area contributed by atoms with Crippen LogP contribution in [0.3, 0.4) is 0 Å². The monoisotopic (exact) mass is 159 g/mol. The molecule has 0 aromatic heterocycles. The fourth-order valence-electron chi connectivity index (χ4n) is 1.12. The molecule has 0 unspecified atom stereocenters. The van der Waals surface area contributed by atoms with Crippen LogP contribution in [0.5, 0.6) is 0 Å². The molecule has 11 heavy (non-hydrogen) atoms. The Hall–Kier alpha value is -0.120. The van der Waals surface area contributed by atoms with E-state index in [-0.39, 0.29) is 12.9 Å². The highest BCUT2D eigenvalue weighted by Gasteiger charge is 2.12. The van der Waals surface area contributed by atoms with Crippen LogP contribution in [0, 0.1) is 0 Å². The fourth-order valence-corrected chi connectivity index (χ4v) is 1.12. The molecule has 0 spiro atoms. The molecule has 0 amide bonds. The summed E-state index contributed by atoms with van der Waals surface area (Å²) in [5, 5.41) is 10.1. The molecule has 0 atom stereocenters. The lowest BCUT2D eigenvalue weighted by atomic mass is 10.2. The molecular weight excluding hydrogens is 144 g/mol. The minimum Gasteiger partial charge on any atom is -0.353 e. The Morgan fingerprint density at radius 3 is 2.55 bits per heavy atom. The Bertz CT molecular complexity index is 89.3. The third-order valence-corrected chi connectivity index (χ3v) is 1.73. The molecule has 1 heterocycles. The number of hydrogen-bond donors (Lipinski definition) is 0. The maximum absolute atomic E-state index is 10.1. The van der Waals surface area contributed by atoms with Gasteiger partial charge in [0, 0.05) is 0 Å². The van der Waals surface area contributed by atoms with Crippen LogP contribution in [0.4, 0.5) is 0 Å². The molecule has 1 rings (SSSR count). The molecule has 65 valence electrons. The highest BCUT2D eigenvalue weighted by Crippen LogP contribution is 2.11. The average Bonchev–Trinajstić information content (AvgIpc) is 2.07. The van der Waals surface area contributed by atoms with E-state index in [1.807, 2.05) is 0 Å². The number of unbranched alkanes of at least 4 members (excludes halogenated alkanes) is 1. The zero-order valence-electron chi connectivity index (χ0n) is 6.75. The van der Waals surface area contributed by atoms with Crippen LogP contribution in [-0.2, 0) is 14.6 Å². The van der Waals surface area contributed by atoms with E-state index in [0.29, 0.717) is 0 Å². The molecule has 1 aliphatic rings. The van der Waals surface area contributed by atoms with Crippen molar-refractivity contribution in [3.63, 3.8) is 0 Å². The molecule has 1 aliphatic heterocycles. The summed E-state index contributed by atoms with van der Waals surface area (Å²) in [5.74, 6) is 0. The van der Waals surface area contributed by atoms with E-state index in [9.17, 15) is 5.11 Å². The van der Waals surface area contributed by atoms with Gasteiger partial charge >= 0.3 is 0 Å². The summed E-state index contributed by atoms with van der Waals surface area (Å²) in [6, 6.07) is 0. The van der Waals surface area contributed by atoms with Crippen LogP contribution in [0.2, 0.25) is 0 Å². The molecule has 0 aromatic carbocycles. The Morgan fingerprint density at radius 1 is 1.18 bits per heavy atom. The van der Waals surface area contributed by atoms with Gasteiger partial charge < -0.3 is 9.47 Å². The molecular formula is C8H15O3. The molecule has 0 aliphatic carbocycles. The van der Waals surface area contributed by atoms with Gasteiger partial charge in [-0.3, -0.25) is 0 Å². The fraction of sp³-hybridized carbons (Fsp3) is 1.00. The molecule has 3 nitrogen and oxygen atoms in total. The third-order valence-electron chi connectivity index (χ3n) is 1.73. The smallest absolute Gasteiger partial charge is 0.157 e. The number of ether oxygens (including phenoxy) is 2. The Morgan fingerprint density at radius 2 is 1.91 bits per heavy atom. The van der Waals surface area contributed by atoms with Crippen molar-refractivity contribution < 1.29 is 14.6 Å². The van der Waals surface area contributed by atoms with Crippen LogP contribution in [0.25, 0.3) is 0 Å². The van der Waals surface area contributed by atoms with Gasteiger partial charge in [0.25, 0.3) is 0 Å². The van der Waals surface area contributed by atoms with Gasteiger partial charge in [0.15, 0.2) is 6.29 Å². The minimum absolute atomic E-state index is 0.0206. The zero-order chi connectivity index (χ0) is 7.94. The van der Waals surface area contributed by atoms with Crippen LogP contribution in [0.1, 0.15) is 25.7 Å². The molecule has 0 N–H and O–H groups in total. The van der Waals surface area contributed by atoms with E-state index < -0.39 is 0 Å². The quantitative estimate of drug-likeness (QED) is 0.581. The maximum atomic E-state index is 10.1. The van der Waals surface area contributed by atoms with E-state index in [4.69, 9.17) is 9.47 Å². The first-order chi connectivity index (χ1) is 5.43. The van der Waals surface area contributed by atoms with Crippen LogP contribution in [-0.4, -0.2) is 26.1 Å². The lowest BCUT2D eigenvalue weighted by Gasteiger charge is -2.22. The largest absolute Gasteiger partial charge is 0.353 e. The summed E-state index contributed by atoms with van der Waals surface area (Å²) < 4.78 is 10.6. The molecule has 1 saturated heterocycles. The predicted octanol–water partition coefficient (Wildman–Crippen LogP) is 1.35. The first-order valence-corrected chi connectivity index (χ1v) is 4.25. The zero-order valence-corrected chi connectivity index (χ0v) is 6.75. The number of rotatable bonds is 4. The van der Waals surface area contributed by atoms with Gasteiger partial charge in [-0.2, -0.15) is 0 Å². The van der Waals surface area contributed by atoms with Crippen molar-refractivity contribution in [3.05, 3.63) is 0 Å². The Balaban J connectivity index is 1.96. The molecule has 0 bridgehead atoms. The van der Waals surface area contributed by atoms with Crippen molar-refractivity contribution in [2.24, 2.45) is 0 Å². The lowest BCUT2D eigenvalue weighted by molar-refractivity contribution is -0.181. The topological polar surface area (TPSA) is 38.4 Å². The van der Waals surface area contributed by atoms with Crippen LogP contribution in [0.15, 0.2) is 0 Å². The van der Waals surface area contributed by atoms with E-state index in [1.54, 1.807) is 0 Å². The van der Waals surface area contributed by atoms with E-state index in [2.05, 4.69) is 0 Å². The standard InChI is InChI=1S/C8H15O3/c9-5-2-1-4-8-10-6-3-7-11-8/h8H,1-7H2. The van der Waals surface area contributed by atoms with Crippen molar-refractivity contribution >= 4 is 0 Å². The summed E-state index contributed by atoms with van der Waals surface area (Å²) in [7, 11) is 0. The van der Waals surface area contributed by atoms with Crippen molar-refractivity contribution in [1.29, 1.82) is 0 Å². The molecule has 0 saturated carbocycles. The molecule has 0 aromatic rings. The average molecular weight is 159 g/mol. The molecule has 1 fully saturated rings. The van der Waals surface area contributed by atoms with Gasteiger partial charge in [0.2, 0.25) is 0 Å². The molecule has 3 heteroatoms. The van der Waals surface area contributed by atoms with E-state index in [1.165, 1.54) is 0 Å².